The molecule has 0 saturated carbocycles. The second-order valence-electron chi connectivity index (χ2n) is 10.3. The minimum absolute atomic E-state index is 0.0761. The van der Waals surface area contributed by atoms with Crippen molar-refractivity contribution in [3.05, 3.63) is 0 Å². The fourth-order valence-electron chi connectivity index (χ4n) is 4.11. The molecule has 0 aliphatic carbocycles. The molecule has 1 unspecified atom stereocenters. The first-order valence-electron chi connectivity index (χ1n) is 11.3. The van der Waals surface area contributed by atoms with Gasteiger partial charge in [0.1, 0.15) is 6.04 Å². The molecule has 0 spiro atoms. The standard InChI is InChI=1S/C23H44N4O4/c1-16(2)18(14-25(6)15-19(28)31-9)27(8)22(30)20(23(3,4)5)24-21(29)17-12-10-11-13-26(17)7/h16-18,20H,10-15H2,1-9H3,(H,24,29)/t17?,18-,20-/m1/s1. The van der Waals surface area contributed by atoms with Gasteiger partial charge in [0.05, 0.1) is 19.7 Å². The van der Waals surface area contributed by atoms with Gasteiger partial charge >= 0.3 is 5.97 Å². The largest absolute Gasteiger partial charge is 0.468 e. The van der Waals surface area contributed by atoms with Crippen molar-refractivity contribution < 1.29 is 19.1 Å². The Labute approximate surface area is 188 Å². The van der Waals surface area contributed by atoms with Crippen molar-refractivity contribution in [2.24, 2.45) is 11.3 Å². The molecule has 0 aromatic heterocycles. The smallest absolute Gasteiger partial charge is 0.319 e. The Morgan fingerprint density at radius 2 is 1.77 bits per heavy atom. The van der Waals surface area contributed by atoms with E-state index < -0.39 is 11.5 Å². The molecule has 3 atom stereocenters. The van der Waals surface area contributed by atoms with Gasteiger partial charge < -0.3 is 15.0 Å². The van der Waals surface area contributed by atoms with E-state index in [0.717, 1.165) is 25.8 Å². The normalized spacial score (nSPS) is 19.8. The van der Waals surface area contributed by atoms with Crippen LogP contribution in [0.15, 0.2) is 0 Å². The summed E-state index contributed by atoms with van der Waals surface area (Å²) in [5.41, 5.74) is -0.437. The highest BCUT2D eigenvalue weighted by Crippen LogP contribution is 2.24. The van der Waals surface area contributed by atoms with Crippen LogP contribution < -0.4 is 5.32 Å². The lowest BCUT2D eigenvalue weighted by atomic mass is 9.84. The second kappa shape index (κ2) is 11.8. The summed E-state index contributed by atoms with van der Waals surface area (Å²) in [6, 6.07) is -0.933. The molecule has 0 aromatic carbocycles. The second-order valence-corrected chi connectivity index (χ2v) is 10.3. The lowest BCUT2D eigenvalue weighted by molar-refractivity contribution is -0.143. The van der Waals surface area contributed by atoms with E-state index in [1.807, 2.05) is 39.8 Å². The van der Waals surface area contributed by atoms with Crippen LogP contribution in [0.4, 0.5) is 0 Å². The average molecular weight is 441 g/mol. The SMILES string of the molecule is COC(=O)CN(C)C[C@H](C(C)C)N(C)C(=O)[C@@H](NC(=O)C1CCCCN1C)C(C)(C)C. The molecular formula is C23H44N4O4. The van der Waals surface area contributed by atoms with Crippen molar-refractivity contribution in [1.29, 1.82) is 0 Å². The topological polar surface area (TPSA) is 82.2 Å². The first kappa shape index (κ1) is 27.4. The van der Waals surface area contributed by atoms with Crippen LogP contribution in [0, 0.1) is 11.3 Å². The van der Waals surface area contributed by atoms with E-state index in [1.165, 1.54) is 7.11 Å². The number of rotatable bonds is 9. The van der Waals surface area contributed by atoms with Gasteiger partial charge in [-0.15, -0.1) is 0 Å². The summed E-state index contributed by atoms with van der Waals surface area (Å²) in [6.07, 6.45) is 2.94. The number of likely N-dealkylation sites (N-methyl/N-ethyl adjacent to an activating group) is 3. The van der Waals surface area contributed by atoms with E-state index in [9.17, 15) is 14.4 Å². The average Bonchev–Trinajstić information content (AvgIpc) is 2.68. The highest BCUT2D eigenvalue weighted by molar-refractivity contribution is 5.90. The minimum atomic E-state index is -0.632. The summed E-state index contributed by atoms with van der Waals surface area (Å²) in [6.45, 7) is 11.6. The van der Waals surface area contributed by atoms with Gasteiger partial charge in [0.25, 0.3) is 0 Å². The van der Waals surface area contributed by atoms with Gasteiger partial charge in [-0.3, -0.25) is 24.2 Å². The number of hydrogen-bond donors (Lipinski definition) is 1. The molecule has 0 aromatic rings. The van der Waals surface area contributed by atoms with E-state index in [-0.39, 0.29) is 42.3 Å². The van der Waals surface area contributed by atoms with Gasteiger partial charge in [-0.2, -0.15) is 0 Å². The fraction of sp³-hybridized carbons (Fsp3) is 0.870. The van der Waals surface area contributed by atoms with Crippen LogP contribution >= 0.6 is 0 Å². The molecule has 1 fully saturated rings. The molecule has 0 radical (unpaired) electrons. The van der Waals surface area contributed by atoms with E-state index in [2.05, 4.69) is 24.1 Å². The first-order valence-corrected chi connectivity index (χ1v) is 11.3. The third-order valence-corrected chi connectivity index (χ3v) is 6.21. The zero-order chi connectivity index (χ0) is 23.9. The Morgan fingerprint density at radius 3 is 2.26 bits per heavy atom. The maximum Gasteiger partial charge on any atom is 0.319 e. The molecule has 31 heavy (non-hydrogen) atoms. The predicted molar refractivity (Wildman–Crippen MR) is 123 cm³/mol. The maximum absolute atomic E-state index is 13.6. The number of amides is 2. The van der Waals surface area contributed by atoms with Gasteiger partial charge in [-0.25, -0.2) is 0 Å². The lowest BCUT2D eigenvalue weighted by Crippen LogP contribution is -2.60. The van der Waals surface area contributed by atoms with Gasteiger partial charge in [0.15, 0.2) is 0 Å². The Kier molecular flexibility index (Phi) is 10.4. The van der Waals surface area contributed by atoms with Crippen LogP contribution in [0.5, 0.6) is 0 Å². The number of methoxy groups -OCH3 is 1. The van der Waals surface area contributed by atoms with Gasteiger partial charge in [-0.05, 0) is 44.8 Å². The van der Waals surface area contributed by atoms with Gasteiger partial charge in [0, 0.05) is 19.6 Å². The molecule has 1 heterocycles. The van der Waals surface area contributed by atoms with Crippen LogP contribution in [-0.2, 0) is 19.1 Å². The van der Waals surface area contributed by atoms with Crippen molar-refractivity contribution in [2.45, 2.75) is 72.0 Å². The van der Waals surface area contributed by atoms with Crippen molar-refractivity contribution in [2.75, 3.05) is 47.9 Å². The molecule has 1 aliphatic rings. The van der Waals surface area contributed by atoms with Crippen molar-refractivity contribution in [3.8, 4) is 0 Å². The van der Waals surface area contributed by atoms with Crippen molar-refractivity contribution in [3.63, 3.8) is 0 Å². The number of carbonyl (C=O) groups excluding carboxylic acids is 3. The van der Waals surface area contributed by atoms with E-state index in [0.29, 0.717) is 6.54 Å². The summed E-state index contributed by atoms with van der Waals surface area (Å²) in [4.78, 5) is 43.9. The van der Waals surface area contributed by atoms with Gasteiger partial charge in [0.2, 0.25) is 11.8 Å². The summed E-state index contributed by atoms with van der Waals surface area (Å²) in [7, 11) is 6.96. The zero-order valence-corrected chi connectivity index (χ0v) is 21.0. The predicted octanol–water partition coefficient (Wildman–Crippen LogP) is 1.59. The summed E-state index contributed by atoms with van der Waals surface area (Å²) in [5, 5.41) is 3.07. The molecule has 8 nitrogen and oxygen atoms in total. The summed E-state index contributed by atoms with van der Waals surface area (Å²) < 4.78 is 4.75. The molecule has 2 amide bonds. The highest BCUT2D eigenvalue weighted by Gasteiger charge is 2.39. The fourth-order valence-corrected chi connectivity index (χ4v) is 4.11. The van der Waals surface area contributed by atoms with E-state index >= 15 is 0 Å². The maximum atomic E-state index is 13.6. The Morgan fingerprint density at radius 1 is 1.16 bits per heavy atom. The van der Waals surface area contributed by atoms with Crippen LogP contribution in [-0.4, -0.2) is 98.5 Å². The molecule has 1 rings (SSSR count). The number of hydrogen-bond acceptors (Lipinski definition) is 6. The third kappa shape index (κ3) is 8.07. The minimum Gasteiger partial charge on any atom is -0.468 e. The molecule has 1 N–H and O–H groups in total. The molecule has 8 heteroatoms. The Bertz CT molecular complexity index is 617. The summed E-state index contributed by atoms with van der Waals surface area (Å²) in [5.74, 6) is -0.317. The number of nitrogens with zero attached hydrogens (tertiary/aromatic N) is 3. The quantitative estimate of drug-likeness (QED) is 0.549. The third-order valence-electron chi connectivity index (χ3n) is 6.21. The molecule has 1 saturated heterocycles. The number of likely N-dealkylation sites (tertiary alicyclic amines) is 1. The van der Waals surface area contributed by atoms with Crippen LogP contribution in [0.3, 0.4) is 0 Å². The van der Waals surface area contributed by atoms with E-state index in [1.54, 1.807) is 11.9 Å². The van der Waals surface area contributed by atoms with E-state index in [4.69, 9.17) is 4.74 Å². The molecule has 180 valence electrons. The summed E-state index contributed by atoms with van der Waals surface area (Å²) >= 11 is 0. The highest BCUT2D eigenvalue weighted by atomic mass is 16.5. The Balaban J connectivity index is 2.98. The Hall–Kier alpha value is -1.67. The zero-order valence-electron chi connectivity index (χ0n) is 21.0. The van der Waals surface area contributed by atoms with Crippen LogP contribution in [0.25, 0.3) is 0 Å². The number of piperidine rings is 1. The molecular weight excluding hydrogens is 396 g/mol. The number of nitrogens with one attached hydrogen (secondary N) is 1. The lowest BCUT2D eigenvalue weighted by Gasteiger charge is -2.40. The molecule has 1 aliphatic heterocycles. The van der Waals surface area contributed by atoms with Crippen LogP contribution in [0.2, 0.25) is 0 Å². The monoisotopic (exact) mass is 440 g/mol. The molecule has 0 bridgehead atoms. The number of ether oxygens (including phenoxy) is 1. The van der Waals surface area contributed by atoms with Crippen molar-refractivity contribution >= 4 is 17.8 Å². The van der Waals surface area contributed by atoms with Crippen molar-refractivity contribution in [1.82, 2.24) is 20.0 Å². The first-order chi connectivity index (χ1) is 14.3. The number of carbonyl (C=O) groups is 3. The van der Waals surface area contributed by atoms with Gasteiger partial charge in [-0.1, -0.05) is 41.0 Å². The van der Waals surface area contributed by atoms with Crippen LogP contribution in [0.1, 0.15) is 53.9 Å². The number of esters is 1.